The first-order valence-electron chi connectivity index (χ1n) is 10.7. The summed E-state index contributed by atoms with van der Waals surface area (Å²) in [6, 6.07) is 5.48. The van der Waals surface area contributed by atoms with Crippen LogP contribution in [-0.2, 0) is 9.63 Å². The molecule has 0 aromatic heterocycles. The van der Waals surface area contributed by atoms with Crippen LogP contribution in [-0.4, -0.2) is 66.3 Å². The molecule has 1 aliphatic carbocycles. The Morgan fingerprint density at radius 2 is 2.03 bits per heavy atom. The van der Waals surface area contributed by atoms with E-state index in [9.17, 15) is 14.0 Å². The Balaban J connectivity index is 1.46. The molecular formula is C22H27ClFN5O3. The first-order chi connectivity index (χ1) is 15.4. The van der Waals surface area contributed by atoms with Gasteiger partial charge in [-0.05, 0) is 43.4 Å². The summed E-state index contributed by atoms with van der Waals surface area (Å²) in [5.41, 5.74) is 7.80. The van der Waals surface area contributed by atoms with Crippen molar-refractivity contribution in [2.45, 2.75) is 37.8 Å². The second kappa shape index (κ2) is 9.36. The third-order valence-corrected chi connectivity index (χ3v) is 6.85. The van der Waals surface area contributed by atoms with Crippen LogP contribution >= 0.6 is 11.6 Å². The summed E-state index contributed by atoms with van der Waals surface area (Å²) in [5.74, 6) is -1.70. The molecule has 172 valence electrons. The number of hydrogen-bond donors (Lipinski definition) is 2. The Hall–Kier alpha value is -2.81. The minimum atomic E-state index is -0.734. The van der Waals surface area contributed by atoms with Gasteiger partial charge in [0.25, 0.3) is 0 Å². The number of nitrogens with one attached hydrogen (secondary N) is 1. The van der Waals surface area contributed by atoms with Gasteiger partial charge in [0.2, 0.25) is 5.91 Å². The number of rotatable bonds is 4. The van der Waals surface area contributed by atoms with Gasteiger partial charge in [-0.1, -0.05) is 28.9 Å². The van der Waals surface area contributed by atoms with Gasteiger partial charge in [0.05, 0.1) is 17.7 Å². The lowest BCUT2D eigenvalue weighted by Crippen LogP contribution is -2.58. The van der Waals surface area contributed by atoms with Crippen molar-refractivity contribution in [1.29, 1.82) is 0 Å². The van der Waals surface area contributed by atoms with Crippen LogP contribution in [0.3, 0.4) is 0 Å². The molecule has 2 aliphatic heterocycles. The van der Waals surface area contributed by atoms with E-state index in [2.05, 4.69) is 10.5 Å². The Bertz CT molecular complexity index is 959. The largest absolute Gasteiger partial charge is 0.399 e. The SMILES string of the molecule is CON=C1CCC(NC(=O)N2CCN3C(Cl)=C(c4cccc(F)c4)[C@@H](C(N)=O)[C@H]3C2)CC1. The molecule has 0 radical (unpaired) electrons. The Morgan fingerprint density at radius 3 is 2.69 bits per heavy atom. The first-order valence-corrected chi connectivity index (χ1v) is 11.1. The van der Waals surface area contributed by atoms with E-state index in [4.69, 9.17) is 22.2 Å². The number of amides is 3. The molecule has 0 spiro atoms. The molecular weight excluding hydrogens is 437 g/mol. The molecule has 8 nitrogen and oxygen atoms in total. The van der Waals surface area contributed by atoms with E-state index in [1.807, 2.05) is 4.90 Å². The maximum Gasteiger partial charge on any atom is 0.317 e. The molecule has 2 fully saturated rings. The number of fused-ring (bicyclic) bond motifs is 1. The molecule has 3 N–H and O–H groups in total. The van der Waals surface area contributed by atoms with E-state index < -0.39 is 17.6 Å². The number of nitrogens with zero attached hydrogens (tertiary/aromatic N) is 3. The maximum atomic E-state index is 13.8. The van der Waals surface area contributed by atoms with Crippen molar-refractivity contribution in [1.82, 2.24) is 15.1 Å². The number of benzene rings is 1. The number of urea groups is 1. The van der Waals surface area contributed by atoms with Crippen molar-refractivity contribution in [2.24, 2.45) is 16.8 Å². The van der Waals surface area contributed by atoms with E-state index in [0.717, 1.165) is 31.4 Å². The van der Waals surface area contributed by atoms with Gasteiger partial charge < -0.3 is 25.7 Å². The van der Waals surface area contributed by atoms with Crippen LogP contribution in [0.5, 0.6) is 0 Å². The minimum absolute atomic E-state index is 0.0661. The van der Waals surface area contributed by atoms with Crippen molar-refractivity contribution in [3.05, 3.63) is 40.8 Å². The summed E-state index contributed by atoms with van der Waals surface area (Å²) in [5, 5.41) is 7.48. The molecule has 0 unspecified atom stereocenters. The van der Waals surface area contributed by atoms with Crippen LogP contribution in [0.25, 0.3) is 5.57 Å². The number of oxime groups is 1. The van der Waals surface area contributed by atoms with E-state index in [0.29, 0.717) is 35.9 Å². The quantitative estimate of drug-likeness (QED) is 0.529. The highest BCUT2D eigenvalue weighted by atomic mass is 35.5. The smallest absolute Gasteiger partial charge is 0.317 e. The number of carbonyl (C=O) groups excluding carboxylic acids is 2. The Morgan fingerprint density at radius 1 is 1.28 bits per heavy atom. The monoisotopic (exact) mass is 463 g/mol. The van der Waals surface area contributed by atoms with Crippen molar-refractivity contribution in [2.75, 3.05) is 26.7 Å². The van der Waals surface area contributed by atoms with Crippen molar-refractivity contribution in [3.63, 3.8) is 0 Å². The molecule has 1 saturated heterocycles. The molecule has 10 heteroatoms. The number of hydrogen-bond acceptors (Lipinski definition) is 5. The summed E-state index contributed by atoms with van der Waals surface area (Å²) < 4.78 is 13.8. The van der Waals surface area contributed by atoms with Gasteiger partial charge in [0, 0.05) is 31.2 Å². The Labute approximate surface area is 191 Å². The zero-order valence-corrected chi connectivity index (χ0v) is 18.6. The molecule has 1 aromatic carbocycles. The molecule has 2 heterocycles. The third-order valence-electron chi connectivity index (χ3n) is 6.43. The molecule has 3 amide bonds. The van der Waals surface area contributed by atoms with Crippen LogP contribution < -0.4 is 11.1 Å². The standard InChI is InChI=1S/C22H27ClFN5O3/c1-32-27-16-7-5-15(6-8-16)26-22(31)28-9-10-29-17(12-28)19(21(25)30)18(20(29)23)13-3-2-4-14(24)11-13/h2-4,11,15,17,19H,5-10,12H2,1H3,(H2,25,30)(H,26,31)/t15?,17-,19+/m1/s1. The lowest BCUT2D eigenvalue weighted by atomic mass is 9.88. The van der Waals surface area contributed by atoms with Crippen LogP contribution in [0.4, 0.5) is 9.18 Å². The molecule has 3 aliphatic rings. The number of piperazine rings is 1. The summed E-state index contributed by atoms with van der Waals surface area (Å²) in [6.07, 6.45) is 3.18. The van der Waals surface area contributed by atoms with E-state index in [1.54, 1.807) is 17.0 Å². The van der Waals surface area contributed by atoms with Crippen LogP contribution in [0.15, 0.2) is 34.6 Å². The van der Waals surface area contributed by atoms with Gasteiger partial charge in [-0.25, -0.2) is 9.18 Å². The molecule has 4 rings (SSSR count). The summed E-state index contributed by atoms with van der Waals surface area (Å²) in [7, 11) is 1.53. The van der Waals surface area contributed by atoms with E-state index >= 15 is 0 Å². The predicted molar refractivity (Wildman–Crippen MR) is 119 cm³/mol. The lowest BCUT2D eigenvalue weighted by Gasteiger charge is -2.41. The summed E-state index contributed by atoms with van der Waals surface area (Å²) >= 11 is 6.63. The average Bonchev–Trinajstić information content (AvgIpc) is 3.07. The van der Waals surface area contributed by atoms with Gasteiger partial charge >= 0.3 is 6.03 Å². The summed E-state index contributed by atoms with van der Waals surface area (Å²) in [4.78, 5) is 33.8. The van der Waals surface area contributed by atoms with Crippen LogP contribution in [0.2, 0.25) is 0 Å². The second-order valence-electron chi connectivity index (χ2n) is 8.37. The second-order valence-corrected chi connectivity index (χ2v) is 8.72. The number of carbonyl (C=O) groups is 2. The van der Waals surface area contributed by atoms with E-state index in [1.165, 1.54) is 19.2 Å². The highest BCUT2D eigenvalue weighted by Crippen LogP contribution is 2.43. The molecule has 1 saturated carbocycles. The third kappa shape index (κ3) is 4.39. The first kappa shape index (κ1) is 22.4. The fourth-order valence-corrected chi connectivity index (χ4v) is 5.30. The van der Waals surface area contributed by atoms with Gasteiger partial charge in [0.1, 0.15) is 18.1 Å². The lowest BCUT2D eigenvalue weighted by molar-refractivity contribution is -0.121. The number of primary amides is 1. The minimum Gasteiger partial charge on any atom is -0.399 e. The van der Waals surface area contributed by atoms with Crippen LogP contribution in [0, 0.1) is 11.7 Å². The zero-order chi connectivity index (χ0) is 22.8. The van der Waals surface area contributed by atoms with Gasteiger partial charge in [-0.15, -0.1) is 0 Å². The van der Waals surface area contributed by atoms with Gasteiger partial charge in [-0.2, -0.15) is 0 Å². The van der Waals surface area contributed by atoms with Crippen molar-refractivity contribution in [3.8, 4) is 0 Å². The molecule has 1 aromatic rings. The van der Waals surface area contributed by atoms with Crippen molar-refractivity contribution < 1.29 is 18.8 Å². The number of halogens is 2. The molecule has 0 bridgehead atoms. The van der Waals surface area contributed by atoms with Gasteiger partial charge in [-0.3, -0.25) is 4.79 Å². The van der Waals surface area contributed by atoms with E-state index in [-0.39, 0.29) is 18.1 Å². The Kier molecular flexibility index (Phi) is 6.55. The normalized spacial score (nSPS) is 25.5. The van der Waals surface area contributed by atoms with Crippen molar-refractivity contribution >= 4 is 34.8 Å². The van der Waals surface area contributed by atoms with Crippen LogP contribution in [0.1, 0.15) is 31.2 Å². The summed E-state index contributed by atoms with van der Waals surface area (Å²) in [6.45, 7) is 1.23. The zero-order valence-electron chi connectivity index (χ0n) is 17.9. The fourth-order valence-electron chi connectivity index (χ4n) is 4.87. The molecule has 2 atom stereocenters. The fraction of sp³-hybridized carbons (Fsp3) is 0.500. The topological polar surface area (TPSA) is 100 Å². The highest BCUT2D eigenvalue weighted by Gasteiger charge is 2.47. The highest BCUT2D eigenvalue weighted by molar-refractivity contribution is 6.33. The van der Waals surface area contributed by atoms with Gasteiger partial charge in [0.15, 0.2) is 0 Å². The predicted octanol–water partition coefficient (Wildman–Crippen LogP) is 2.49. The molecule has 32 heavy (non-hydrogen) atoms. The average molecular weight is 464 g/mol. The number of nitrogens with two attached hydrogens (primary N) is 1. The maximum absolute atomic E-state index is 13.8.